The summed E-state index contributed by atoms with van der Waals surface area (Å²) < 4.78 is 5.17. The molecule has 1 fully saturated rings. The minimum Gasteiger partial charge on any atom is -0.380 e. The Hall–Kier alpha value is -0.120. The molecule has 0 N–H and O–H groups in total. The maximum absolute atomic E-state index is 5.68. The summed E-state index contributed by atoms with van der Waals surface area (Å²) in [6.07, 6.45) is 0. The maximum Gasteiger partial charge on any atom is 0.0782 e. The van der Waals surface area contributed by atoms with Crippen LogP contribution in [0.2, 0.25) is 0 Å². The standard InChI is InChI=1S/C11H23NO2/c1-10(2,3)6-12(5)14-9-11(4)7-13-8-11/h6-9H2,1-5H3. The van der Waals surface area contributed by atoms with Crippen LogP contribution in [-0.4, -0.2) is 38.5 Å². The van der Waals surface area contributed by atoms with Gasteiger partial charge in [0, 0.05) is 19.0 Å². The van der Waals surface area contributed by atoms with Crippen LogP contribution in [0, 0.1) is 10.8 Å². The molecule has 0 unspecified atom stereocenters. The monoisotopic (exact) mass is 201 g/mol. The van der Waals surface area contributed by atoms with Crippen molar-refractivity contribution in [2.75, 3.05) is 33.4 Å². The van der Waals surface area contributed by atoms with Crippen LogP contribution < -0.4 is 0 Å². The molecule has 1 aliphatic rings. The molecule has 1 rings (SSSR count). The summed E-state index contributed by atoms with van der Waals surface area (Å²) in [4.78, 5) is 5.68. The van der Waals surface area contributed by atoms with Gasteiger partial charge in [0.25, 0.3) is 0 Å². The van der Waals surface area contributed by atoms with Crippen molar-refractivity contribution in [3.05, 3.63) is 0 Å². The molecule has 1 aliphatic heterocycles. The SMILES string of the molecule is CN(CC(C)(C)C)OCC1(C)COC1. The Morgan fingerprint density at radius 2 is 1.93 bits per heavy atom. The van der Waals surface area contributed by atoms with Gasteiger partial charge in [0.2, 0.25) is 0 Å². The Bertz CT molecular complexity index is 182. The first kappa shape index (κ1) is 12.0. The number of ether oxygens (including phenoxy) is 1. The smallest absolute Gasteiger partial charge is 0.0782 e. The topological polar surface area (TPSA) is 21.7 Å². The van der Waals surface area contributed by atoms with E-state index in [1.807, 2.05) is 12.1 Å². The fourth-order valence-electron chi connectivity index (χ4n) is 1.51. The molecule has 0 radical (unpaired) electrons. The first-order valence-corrected chi connectivity index (χ1v) is 5.23. The number of hydroxylamine groups is 2. The van der Waals surface area contributed by atoms with E-state index in [9.17, 15) is 0 Å². The van der Waals surface area contributed by atoms with Gasteiger partial charge in [-0.25, -0.2) is 0 Å². The van der Waals surface area contributed by atoms with E-state index in [1.54, 1.807) is 0 Å². The average Bonchev–Trinajstić information content (AvgIpc) is 1.94. The van der Waals surface area contributed by atoms with E-state index in [-0.39, 0.29) is 10.8 Å². The first-order valence-electron chi connectivity index (χ1n) is 5.23. The molecule has 1 heterocycles. The molecule has 0 aromatic heterocycles. The summed E-state index contributed by atoms with van der Waals surface area (Å²) in [7, 11) is 1.99. The van der Waals surface area contributed by atoms with Gasteiger partial charge < -0.3 is 4.74 Å². The highest BCUT2D eigenvalue weighted by molar-refractivity contribution is 4.79. The van der Waals surface area contributed by atoms with Gasteiger partial charge in [0.15, 0.2) is 0 Å². The molecule has 84 valence electrons. The lowest BCUT2D eigenvalue weighted by atomic mass is 9.90. The lowest BCUT2D eigenvalue weighted by Gasteiger charge is -2.39. The van der Waals surface area contributed by atoms with E-state index in [4.69, 9.17) is 9.57 Å². The third kappa shape index (κ3) is 3.95. The van der Waals surface area contributed by atoms with Gasteiger partial charge in [0.05, 0.1) is 19.8 Å². The number of hydrogen-bond donors (Lipinski definition) is 0. The highest BCUT2D eigenvalue weighted by Crippen LogP contribution is 2.27. The minimum atomic E-state index is 0.242. The van der Waals surface area contributed by atoms with Crippen molar-refractivity contribution in [1.82, 2.24) is 5.06 Å². The van der Waals surface area contributed by atoms with Crippen molar-refractivity contribution in [2.24, 2.45) is 10.8 Å². The maximum atomic E-state index is 5.68. The Morgan fingerprint density at radius 1 is 1.36 bits per heavy atom. The zero-order valence-corrected chi connectivity index (χ0v) is 10.1. The summed E-state index contributed by atoms with van der Waals surface area (Å²) in [5.41, 5.74) is 0.526. The Kier molecular flexibility index (Phi) is 3.56. The summed E-state index contributed by atoms with van der Waals surface area (Å²) in [5.74, 6) is 0. The molecule has 1 saturated heterocycles. The molecule has 14 heavy (non-hydrogen) atoms. The van der Waals surface area contributed by atoms with Gasteiger partial charge in [-0.05, 0) is 5.41 Å². The molecule has 0 aromatic rings. The third-order valence-corrected chi connectivity index (χ3v) is 2.23. The van der Waals surface area contributed by atoms with E-state index in [1.165, 1.54) is 0 Å². The zero-order chi connectivity index (χ0) is 10.8. The highest BCUT2D eigenvalue weighted by atomic mass is 16.7. The predicted molar refractivity (Wildman–Crippen MR) is 57.0 cm³/mol. The van der Waals surface area contributed by atoms with Gasteiger partial charge in [-0.1, -0.05) is 27.7 Å². The molecule has 0 aromatic carbocycles. The largest absolute Gasteiger partial charge is 0.380 e. The van der Waals surface area contributed by atoms with Gasteiger partial charge >= 0.3 is 0 Å². The van der Waals surface area contributed by atoms with Crippen LogP contribution in [0.4, 0.5) is 0 Å². The molecule has 0 bridgehead atoms. The molecule has 0 spiro atoms. The molecule has 0 saturated carbocycles. The van der Waals surface area contributed by atoms with Crippen LogP contribution in [0.5, 0.6) is 0 Å². The Labute approximate surface area is 87.3 Å². The number of rotatable bonds is 4. The van der Waals surface area contributed by atoms with Crippen LogP contribution >= 0.6 is 0 Å². The second kappa shape index (κ2) is 4.17. The molecular formula is C11H23NO2. The van der Waals surface area contributed by atoms with Gasteiger partial charge in [-0.2, -0.15) is 5.06 Å². The second-order valence-corrected chi connectivity index (χ2v) is 5.92. The van der Waals surface area contributed by atoms with Crippen molar-refractivity contribution in [3.63, 3.8) is 0 Å². The zero-order valence-electron chi connectivity index (χ0n) is 10.1. The fourth-order valence-corrected chi connectivity index (χ4v) is 1.51. The quantitative estimate of drug-likeness (QED) is 0.649. The van der Waals surface area contributed by atoms with Gasteiger partial charge in [-0.3, -0.25) is 4.84 Å². The van der Waals surface area contributed by atoms with Crippen LogP contribution in [0.1, 0.15) is 27.7 Å². The van der Waals surface area contributed by atoms with E-state index in [0.717, 1.165) is 26.4 Å². The molecular weight excluding hydrogens is 178 g/mol. The molecule has 0 atom stereocenters. The van der Waals surface area contributed by atoms with Gasteiger partial charge in [0.1, 0.15) is 0 Å². The van der Waals surface area contributed by atoms with E-state index in [0.29, 0.717) is 0 Å². The predicted octanol–water partition coefficient (Wildman–Crippen LogP) is 1.93. The third-order valence-electron chi connectivity index (χ3n) is 2.23. The lowest BCUT2D eigenvalue weighted by Crippen LogP contribution is -2.45. The molecule has 3 heteroatoms. The number of hydrogen-bond acceptors (Lipinski definition) is 3. The van der Waals surface area contributed by atoms with E-state index < -0.39 is 0 Å². The molecule has 3 nitrogen and oxygen atoms in total. The molecule has 0 amide bonds. The fraction of sp³-hybridized carbons (Fsp3) is 1.00. The normalized spacial score (nSPS) is 21.0. The lowest BCUT2D eigenvalue weighted by molar-refractivity contribution is -0.221. The van der Waals surface area contributed by atoms with Crippen molar-refractivity contribution >= 4 is 0 Å². The average molecular weight is 201 g/mol. The Morgan fingerprint density at radius 3 is 2.29 bits per heavy atom. The summed E-state index contributed by atoms with van der Waals surface area (Å²) in [6, 6.07) is 0. The van der Waals surface area contributed by atoms with Gasteiger partial charge in [-0.15, -0.1) is 0 Å². The van der Waals surface area contributed by atoms with E-state index in [2.05, 4.69) is 27.7 Å². The van der Waals surface area contributed by atoms with E-state index >= 15 is 0 Å². The Balaban J connectivity index is 2.17. The number of nitrogens with zero attached hydrogens (tertiary/aromatic N) is 1. The van der Waals surface area contributed by atoms with Crippen molar-refractivity contribution < 1.29 is 9.57 Å². The molecule has 0 aliphatic carbocycles. The van der Waals surface area contributed by atoms with Crippen LogP contribution in [0.25, 0.3) is 0 Å². The van der Waals surface area contributed by atoms with Crippen LogP contribution in [-0.2, 0) is 9.57 Å². The van der Waals surface area contributed by atoms with Crippen LogP contribution in [0.15, 0.2) is 0 Å². The second-order valence-electron chi connectivity index (χ2n) is 5.92. The summed E-state index contributed by atoms with van der Waals surface area (Å²) in [5, 5.41) is 1.93. The first-order chi connectivity index (χ1) is 6.31. The minimum absolute atomic E-state index is 0.242. The van der Waals surface area contributed by atoms with Crippen LogP contribution in [0.3, 0.4) is 0 Å². The van der Waals surface area contributed by atoms with Crippen molar-refractivity contribution in [1.29, 1.82) is 0 Å². The highest BCUT2D eigenvalue weighted by Gasteiger charge is 2.34. The van der Waals surface area contributed by atoms with Crippen molar-refractivity contribution in [2.45, 2.75) is 27.7 Å². The summed E-state index contributed by atoms with van der Waals surface area (Å²) in [6.45, 7) is 12.2. The summed E-state index contributed by atoms with van der Waals surface area (Å²) >= 11 is 0. The van der Waals surface area contributed by atoms with Crippen molar-refractivity contribution in [3.8, 4) is 0 Å².